The Morgan fingerprint density at radius 1 is 1.03 bits per heavy atom. The molecule has 168 valence electrons. The number of aliphatic hydroxyl groups excluding tert-OH is 1. The molecule has 1 spiro atoms. The van der Waals surface area contributed by atoms with Gasteiger partial charge in [0.2, 0.25) is 0 Å². The average Bonchev–Trinajstić information content (AvgIpc) is 3.16. The van der Waals surface area contributed by atoms with Gasteiger partial charge < -0.3 is 14.6 Å². The second kappa shape index (κ2) is 6.58. The van der Waals surface area contributed by atoms with Crippen LogP contribution in [-0.4, -0.2) is 29.7 Å². The van der Waals surface area contributed by atoms with Gasteiger partial charge in [-0.05, 0) is 91.8 Å². The van der Waals surface area contributed by atoms with Crippen LogP contribution in [0, 0.1) is 46.3 Å². The maximum Gasteiger partial charge on any atom is 0.171 e. The molecule has 0 bridgehead atoms. The fraction of sp³-hybridized carbons (Fsp3) is 0.926. The van der Waals surface area contributed by atoms with Gasteiger partial charge in [0.05, 0.1) is 18.8 Å². The fourth-order valence-corrected chi connectivity index (χ4v) is 9.66. The summed E-state index contributed by atoms with van der Waals surface area (Å²) in [5, 5.41) is 10.3. The molecule has 6 aliphatic rings. The van der Waals surface area contributed by atoms with Crippen LogP contribution in [0.5, 0.6) is 0 Å². The molecule has 0 aromatic carbocycles. The Morgan fingerprint density at radius 3 is 2.63 bits per heavy atom. The molecule has 3 heteroatoms. The van der Waals surface area contributed by atoms with Gasteiger partial charge in [0.25, 0.3) is 0 Å². The molecule has 0 aromatic rings. The van der Waals surface area contributed by atoms with Crippen LogP contribution in [0.4, 0.5) is 0 Å². The van der Waals surface area contributed by atoms with Gasteiger partial charge >= 0.3 is 0 Å². The Morgan fingerprint density at radius 2 is 1.87 bits per heavy atom. The maximum atomic E-state index is 10.3. The van der Waals surface area contributed by atoms with Gasteiger partial charge in [-0.1, -0.05) is 39.3 Å². The first kappa shape index (κ1) is 20.2. The Kier molecular flexibility index (Phi) is 4.44. The van der Waals surface area contributed by atoms with E-state index in [1.807, 2.05) is 0 Å². The summed E-state index contributed by atoms with van der Waals surface area (Å²) in [6.45, 7) is 10.8. The van der Waals surface area contributed by atoms with Crippen LogP contribution in [0.25, 0.3) is 0 Å². The molecule has 0 aromatic heterocycles. The highest BCUT2D eigenvalue weighted by atomic mass is 16.7. The van der Waals surface area contributed by atoms with Gasteiger partial charge in [-0.2, -0.15) is 0 Å². The van der Waals surface area contributed by atoms with Crippen molar-refractivity contribution in [1.82, 2.24) is 0 Å². The third kappa shape index (κ3) is 2.55. The largest absolute Gasteiger partial charge is 0.393 e. The van der Waals surface area contributed by atoms with Crippen molar-refractivity contribution in [2.75, 3.05) is 6.61 Å². The van der Waals surface area contributed by atoms with Gasteiger partial charge in [-0.3, -0.25) is 0 Å². The lowest BCUT2D eigenvalue weighted by Gasteiger charge is -2.58. The van der Waals surface area contributed by atoms with Crippen LogP contribution < -0.4 is 0 Å². The summed E-state index contributed by atoms with van der Waals surface area (Å²) in [7, 11) is 0. The predicted octanol–water partition coefficient (Wildman–Crippen LogP) is 5.71. The molecule has 6 rings (SSSR count). The number of fused-ring (bicyclic) bond motifs is 7. The van der Waals surface area contributed by atoms with Gasteiger partial charge in [-0.15, -0.1) is 0 Å². The van der Waals surface area contributed by atoms with Gasteiger partial charge in [0.1, 0.15) is 0 Å². The highest BCUT2D eigenvalue weighted by Gasteiger charge is 2.68. The van der Waals surface area contributed by atoms with E-state index < -0.39 is 0 Å². The first-order valence-electron chi connectivity index (χ1n) is 13.0. The number of ether oxygens (including phenoxy) is 2. The molecular formula is C27H42O3. The molecule has 2 aliphatic heterocycles. The van der Waals surface area contributed by atoms with Crippen molar-refractivity contribution in [3.05, 3.63) is 11.6 Å². The van der Waals surface area contributed by atoms with Crippen molar-refractivity contribution in [1.29, 1.82) is 0 Å². The summed E-state index contributed by atoms with van der Waals surface area (Å²) in [6.07, 6.45) is 13.5. The lowest BCUT2D eigenvalue weighted by Crippen LogP contribution is -2.52. The van der Waals surface area contributed by atoms with E-state index >= 15 is 0 Å². The zero-order chi connectivity index (χ0) is 20.9. The minimum Gasteiger partial charge on any atom is -0.393 e. The third-order valence-electron chi connectivity index (χ3n) is 11.3. The Hall–Kier alpha value is -0.380. The molecule has 5 fully saturated rings. The maximum absolute atomic E-state index is 10.3. The zero-order valence-electron chi connectivity index (χ0n) is 19.5. The van der Waals surface area contributed by atoms with Crippen LogP contribution >= 0.6 is 0 Å². The summed E-state index contributed by atoms with van der Waals surface area (Å²) in [4.78, 5) is 0. The Labute approximate surface area is 183 Å². The van der Waals surface area contributed by atoms with Crippen molar-refractivity contribution in [2.24, 2.45) is 46.3 Å². The van der Waals surface area contributed by atoms with Crippen molar-refractivity contribution < 1.29 is 14.6 Å². The number of hydrogen-bond acceptors (Lipinski definition) is 3. The molecule has 30 heavy (non-hydrogen) atoms. The number of rotatable bonds is 0. The average molecular weight is 415 g/mol. The van der Waals surface area contributed by atoms with Gasteiger partial charge in [0, 0.05) is 12.3 Å². The van der Waals surface area contributed by atoms with Crippen molar-refractivity contribution >= 4 is 0 Å². The van der Waals surface area contributed by atoms with Crippen molar-refractivity contribution in [3.8, 4) is 0 Å². The van der Waals surface area contributed by atoms with E-state index in [1.165, 1.54) is 38.5 Å². The minimum absolute atomic E-state index is 0.107. The first-order chi connectivity index (χ1) is 14.3. The van der Waals surface area contributed by atoms with E-state index in [0.717, 1.165) is 43.6 Å². The van der Waals surface area contributed by atoms with Gasteiger partial charge in [-0.25, -0.2) is 0 Å². The second-order valence-electron chi connectivity index (χ2n) is 12.7. The summed E-state index contributed by atoms with van der Waals surface area (Å²) < 4.78 is 13.3. The highest BCUT2D eigenvalue weighted by molar-refractivity contribution is 5.26. The molecule has 2 saturated heterocycles. The van der Waals surface area contributed by atoms with Crippen LogP contribution in [0.15, 0.2) is 11.6 Å². The van der Waals surface area contributed by atoms with Crippen molar-refractivity contribution in [2.45, 2.75) is 103 Å². The van der Waals surface area contributed by atoms with Crippen molar-refractivity contribution in [3.63, 3.8) is 0 Å². The molecule has 3 unspecified atom stereocenters. The van der Waals surface area contributed by atoms with E-state index in [9.17, 15) is 5.11 Å². The van der Waals surface area contributed by atoms with E-state index in [4.69, 9.17) is 9.47 Å². The normalized spacial score (nSPS) is 59.8. The van der Waals surface area contributed by atoms with E-state index in [0.29, 0.717) is 34.7 Å². The molecular weight excluding hydrogens is 372 g/mol. The second-order valence-corrected chi connectivity index (χ2v) is 12.7. The smallest absolute Gasteiger partial charge is 0.171 e. The third-order valence-corrected chi connectivity index (χ3v) is 11.3. The molecule has 2 heterocycles. The highest BCUT2D eigenvalue weighted by Crippen LogP contribution is 2.70. The molecule has 3 saturated carbocycles. The molecule has 0 radical (unpaired) electrons. The number of aliphatic hydroxyl groups is 1. The quantitative estimate of drug-likeness (QED) is 0.516. The van der Waals surface area contributed by atoms with Crippen LogP contribution in [0.3, 0.4) is 0 Å². The lowest BCUT2D eigenvalue weighted by molar-refractivity contribution is -0.272. The molecule has 3 nitrogen and oxygen atoms in total. The Balaban J connectivity index is 1.28. The summed E-state index contributed by atoms with van der Waals surface area (Å²) in [5.74, 6) is 3.94. The van der Waals surface area contributed by atoms with E-state index in [2.05, 4.69) is 33.8 Å². The minimum atomic E-state index is -0.294. The molecule has 11 atom stereocenters. The van der Waals surface area contributed by atoms with Crippen LogP contribution in [-0.2, 0) is 9.47 Å². The summed E-state index contributed by atoms with van der Waals surface area (Å²) in [5.41, 5.74) is 2.31. The van der Waals surface area contributed by atoms with Crippen LogP contribution in [0.1, 0.15) is 85.5 Å². The summed E-state index contributed by atoms with van der Waals surface area (Å²) in [6, 6.07) is 0. The number of allylic oxidation sites excluding steroid dienone is 1. The molecule has 1 N–H and O–H groups in total. The standard InChI is InChI=1S/C27H42O3/c1-16-7-12-27(29-15-16)17(2)24-23(30-27)14-22-20-6-5-18-13-19(28)8-10-25(18,3)21(20)9-11-26(22,24)4/h5,16-17,19-24,28H,6-15H2,1-4H3/t16-,17+,19+,20-,21+,22+,23?,24?,25+,26+,27?/m1/s1. The Bertz CT molecular complexity index is 736. The zero-order valence-corrected chi connectivity index (χ0v) is 19.5. The summed E-state index contributed by atoms with van der Waals surface area (Å²) >= 11 is 0. The first-order valence-corrected chi connectivity index (χ1v) is 13.0. The monoisotopic (exact) mass is 414 g/mol. The van der Waals surface area contributed by atoms with Gasteiger partial charge in [0.15, 0.2) is 5.79 Å². The van der Waals surface area contributed by atoms with Crippen LogP contribution in [0.2, 0.25) is 0 Å². The SMILES string of the molecule is C[C@@H]1CCC2(OC1)OC1C[C@H]3[C@@H]4CC=C5C[C@@H](O)CC[C@]5(C)[C@H]4CC[C@]3(C)C1[C@@H]2C. The lowest BCUT2D eigenvalue weighted by atomic mass is 9.47. The van der Waals surface area contributed by atoms with E-state index in [-0.39, 0.29) is 11.9 Å². The molecule has 0 amide bonds. The van der Waals surface area contributed by atoms with E-state index in [1.54, 1.807) is 5.57 Å². The fourth-order valence-electron chi connectivity index (χ4n) is 9.66. The topological polar surface area (TPSA) is 38.7 Å². The number of hydrogen-bond donors (Lipinski definition) is 1. The predicted molar refractivity (Wildman–Crippen MR) is 118 cm³/mol. The molecule has 4 aliphatic carbocycles.